The Morgan fingerprint density at radius 1 is 1.37 bits per heavy atom. The van der Waals surface area contributed by atoms with Crippen molar-refractivity contribution in [2.24, 2.45) is 0 Å². The number of nitrogens with two attached hydrogens (primary N) is 1. The van der Waals surface area contributed by atoms with Crippen LogP contribution in [-0.4, -0.2) is 23.4 Å². The Morgan fingerprint density at radius 2 is 2.26 bits per heavy atom. The molecule has 100 valence electrons. The van der Waals surface area contributed by atoms with Crippen molar-refractivity contribution in [2.45, 2.75) is 18.8 Å². The number of halogens is 1. The SMILES string of the molecule is Nc1ccc(Cl)c(-c2nc(C3CCCOC3)no2)c1. The van der Waals surface area contributed by atoms with E-state index in [-0.39, 0.29) is 5.92 Å². The molecule has 0 saturated carbocycles. The molecule has 0 bridgehead atoms. The summed E-state index contributed by atoms with van der Waals surface area (Å²) in [7, 11) is 0. The first kappa shape index (κ1) is 12.4. The Morgan fingerprint density at radius 3 is 3.05 bits per heavy atom. The van der Waals surface area contributed by atoms with Crippen LogP contribution in [0.3, 0.4) is 0 Å². The highest BCUT2D eigenvalue weighted by atomic mass is 35.5. The largest absolute Gasteiger partial charge is 0.399 e. The minimum atomic E-state index is 0.200. The zero-order valence-corrected chi connectivity index (χ0v) is 11.1. The van der Waals surface area contributed by atoms with Crippen LogP contribution in [0.1, 0.15) is 24.6 Å². The predicted molar refractivity (Wildman–Crippen MR) is 72.0 cm³/mol. The Hall–Kier alpha value is -1.59. The average molecular weight is 280 g/mol. The van der Waals surface area contributed by atoms with Gasteiger partial charge in [-0.25, -0.2) is 0 Å². The van der Waals surface area contributed by atoms with Gasteiger partial charge in [-0.1, -0.05) is 16.8 Å². The Labute approximate surface area is 115 Å². The molecule has 19 heavy (non-hydrogen) atoms. The molecule has 1 aromatic carbocycles. The average Bonchev–Trinajstić information content (AvgIpc) is 2.92. The van der Waals surface area contributed by atoms with E-state index in [0.29, 0.717) is 34.6 Å². The molecule has 0 radical (unpaired) electrons. The highest BCUT2D eigenvalue weighted by Crippen LogP contribution is 2.30. The van der Waals surface area contributed by atoms with Crippen molar-refractivity contribution in [3.63, 3.8) is 0 Å². The summed E-state index contributed by atoms with van der Waals surface area (Å²) in [6.07, 6.45) is 2.04. The third kappa shape index (κ3) is 2.57. The minimum Gasteiger partial charge on any atom is -0.399 e. The number of anilines is 1. The molecule has 1 saturated heterocycles. The first-order valence-electron chi connectivity index (χ1n) is 6.21. The lowest BCUT2D eigenvalue weighted by atomic mass is 10.0. The second-order valence-corrected chi connectivity index (χ2v) is 5.02. The second-order valence-electron chi connectivity index (χ2n) is 4.61. The van der Waals surface area contributed by atoms with E-state index in [4.69, 9.17) is 26.6 Å². The normalized spacial score (nSPS) is 19.5. The van der Waals surface area contributed by atoms with Crippen molar-refractivity contribution >= 4 is 17.3 Å². The lowest BCUT2D eigenvalue weighted by Gasteiger charge is -2.18. The zero-order valence-electron chi connectivity index (χ0n) is 10.3. The summed E-state index contributed by atoms with van der Waals surface area (Å²) in [4.78, 5) is 4.41. The molecule has 1 aromatic heterocycles. The summed E-state index contributed by atoms with van der Waals surface area (Å²) in [6, 6.07) is 5.19. The van der Waals surface area contributed by atoms with Crippen molar-refractivity contribution in [1.29, 1.82) is 0 Å². The molecule has 6 heteroatoms. The van der Waals surface area contributed by atoms with E-state index in [1.165, 1.54) is 0 Å². The van der Waals surface area contributed by atoms with Gasteiger partial charge < -0.3 is 15.0 Å². The number of nitrogen functional groups attached to an aromatic ring is 1. The standard InChI is InChI=1S/C13H14ClN3O2/c14-11-4-3-9(15)6-10(11)13-16-12(17-19-13)8-2-1-5-18-7-8/h3-4,6,8H,1-2,5,7,15H2. The smallest absolute Gasteiger partial charge is 0.259 e. The van der Waals surface area contributed by atoms with Gasteiger partial charge in [0.1, 0.15) is 0 Å². The van der Waals surface area contributed by atoms with Crippen LogP contribution in [0.2, 0.25) is 5.02 Å². The number of benzene rings is 1. The molecule has 0 spiro atoms. The first-order chi connectivity index (χ1) is 9.24. The predicted octanol–water partition coefficient (Wildman–Crippen LogP) is 2.87. The third-order valence-electron chi connectivity index (χ3n) is 3.19. The first-order valence-corrected chi connectivity index (χ1v) is 6.58. The Kier molecular flexibility index (Phi) is 3.40. The van der Waals surface area contributed by atoms with Gasteiger partial charge in [0.15, 0.2) is 5.82 Å². The molecule has 1 unspecified atom stereocenters. The third-order valence-corrected chi connectivity index (χ3v) is 3.52. The van der Waals surface area contributed by atoms with Gasteiger partial charge in [-0.15, -0.1) is 0 Å². The second kappa shape index (κ2) is 5.19. The quantitative estimate of drug-likeness (QED) is 0.856. The van der Waals surface area contributed by atoms with Gasteiger partial charge in [0.25, 0.3) is 5.89 Å². The van der Waals surface area contributed by atoms with Crippen LogP contribution >= 0.6 is 11.6 Å². The molecule has 0 aliphatic carbocycles. The minimum absolute atomic E-state index is 0.200. The fourth-order valence-electron chi connectivity index (χ4n) is 2.16. The fraction of sp³-hybridized carbons (Fsp3) is 0.385. The zero-order chi connectivity index (χ0) is 13.2. The van der Waals surface area contributed by atoms with Crippen LogP contribution in [0.25, 0.3) is 11.5 Å². The van der Waals surface area contributed by atoms with Crippen LogP contribution in [0, 0.1) is 0 Å². The molecule has 2 heterocycles. The topological polar surface area (TPSA) is 74.2 Å². The maximum atomic E-state index is 6.12. The lowest BCUT2D eigenvalue weighted by molar-refractivity contribution is 0.0773. The van der Waals surface area contributed by atoms with Crippen LogP contribution in [0.15, 0.2) is 22.7 Å². The molecule has 3 rings (SSSR count). The van der Waals surface area contributed by atoms with E-state index in [0.717, 1.165) is 19.4 Å². The summed E-state index contributed by atoms with van der Waals surface area (Å²) < 4.78 is 10.7. The fourth-order valence-corrected chi connectivity index (χ4v) is 2.36. The highest BCUT2D eigenvalue weighted by Gasteiger charge is 2.22. The van der Waals surface area contributed by atoms with Crippen molar-refractivity contribution in [2.75, 3.05) is 18.9 Å². The van der Waals surface area contributed by atoms with E-state index in [2.05, 4.69) is 10.1 Å². The van der Waals surface area contributed by atoms with Gasteiger partial charge in [-0.3, -0.25) is 0 Å². The molecule has 2 aromatic rings. The molecule has 1 aliphatic heterocycles. The van der Waals surface area contributed by atoms with Gasteiger partial charge in [0, 0.05) is 18.2 Å². The van der Waals surface area contributed by atoms with Crippen molar-refractivity contribution < 1.29 is 9.26 Å². The van der Waals surface area contributed by atoms with Gasteiger partial charge >= 0.3 is 0 Å². The Balaban J connectivity index is 1.89. The van der Waals surface area contributed by atoms with Crippen LogP contribution < -0.4 is 5.73 Å². The number of ether oxygens (including phenoxy) is 1. The van der Waals surface area contributed by atoms with Crippen molar-refractivity contribution in [1.82, 2.24) is 10.1 Å². The number of nitrogens with zero attached hydrogens (tertiary/aromatic N) is 2. The van der Waals surface area contributed by atoms with Crippen LogP contribution in [-0.2, 0) is 4.74 Å². The molecule has 1 atom stereocenters. The molecule has 1 aliphatic rings. The van der Waals surface area contributed by atoms with Crippen LogP contribution in [0.4, 0.5) is 5.69 Å². The molecule has 1 fully saturated rings. The molecular weight excluding hydrogens is 266 g/mol. The summed E-state index contributed by atoms with van der Waals surface area (Å²) in [5, 5.41) is 4.57. The van der Waals surface area contributed by atoms with Crippen molar-refractivity contribution in [3.8, 4) is 11.5 Å². The highest BCUT2D eigenvalue weighted by molar-refractivity contribution is 6.33. The summed E-state index contributed by atoms with van der Waals surface area (Å²) >= 11 is 6.12. The summed E-state index contributed by atoms with van der Waals surface area (Å²) in [5.41, 5.74) is 7.02. The molecule has 0 amide bonds. The van der Waals surface area contributed by atoms with Gasteiger partial charge in [-0.2, -0.15) is 4.98 Å². The van der Waals surface area contributed by atoms with Gasteiger partial charge in [0.2, 0.25) is 0 Å². The number of aromatic nitrogens is 2. The van der Waals surface area contributed by atoms with Gasteiger partial charge in [0.05, 0.1) is 17.2 Å². The van der Waals surface area contributed by atoms with Gasteiger partial charge in [-0.05, 0) is 31.0 Å². The maximum Gasteiger partial charge on any atom is 0.259 e. The van der Waals surface area contributed by atoms with E-state index in [1.54, 1.807) is 18.2 Å². The van der Waals surface area contributed by atoms with Crippen LogP contribution in [0.5, 0.6) is 0 Å². The molecule has 5 nitrogen and oxygen atoms in total. The molecule has 2 N–H and O–H groups in total. The number of rotatable bonds is 2. The maximum absolute atomic E-state index is 6.12. The summed E-state index contributed by atoms with van der Waals surface area (Å²) in [5.74, 6) is 1.28. The number of hydrogen-bond donors (Lipinski definition) is 1. The number of hydrogen-bond acceptors (Lipinski definition) is 5. The van der Waals surface area contributed by atoms with E-state index >= 15 is 0 Å². The van der Waals surface area contributed by atoms with E-state index in [9.17, 15) is 0 Å². The Bertz CT molecular complexity index is 579. The van der Waals surface area contributed by atoms with E-state index in [1.807, 2.05) is 0 Å². The van der Waals surface area contributed by atoms with Crippen molar-refractivity contribution in [3.05, 3.63) is 29.0 Å². The monoisotopic (exact) mass is 279 g/mol. The molecular formula is C13H14ClN3O2. The van der Waals surface area contributed by atoms with E-state index < -0.39 is 0 Å². The lowest BCUT2D eigenvalue weighted by Crippen LogP contribution is -2.16. The summed E-state index contributed by atoms with van der Waals surface area (Å²) in [6.45, 7) is 1.45.